The Morgan fingerprint density at radius 2 is 1.75 bits per heavy atom. The fourth-order valence-corrected chi connectivity index (χ4v) is 3.43. The number of nitrogens with one attached hydrogen (secondary N) is 1. The second-order valence-electron chi connectivity index (χ2n) is 7.51. The van der Waals surface area contributed by atoms with Crippen LogP contribution in [0.25, 0.3) is 0 Å². The van der Waals surface area contributed by atoms with Crippen molar-refractivity contribution in [3.63, 3.8) is 0 Å². The number of benzene rings is 1. The van der Waals surface area contributed by atoms with E-state index in [0.29, 0.717) is 0 Å². The quantitative estimate of drug-likeness (QED) is 0.774. The van der Waals surface area contributed by atoms with Gasteiger partial charge in [0.15, 0.2) is 0 Å². The molecule has 1 aliphatic heterocycles. The number of rotatable bonds is 5. The molecule has 1 fully saturated rings. The highest BCUT2D eigenvalue weighted by Gasteiger charge is 2.50. The van der Waals surface area contributed by atoms with Crippen molar-refractivity contribution in [2.24, 2.45) is 0 Å². The molecule has 2 rings (SSSR count). The first-order valence-corrected chi connectivity index (χ1v) is 8.92. The number of hydrogen-bond acceptors (Lipinski definition) is 3. The summed E-state index contributed by atoms with van der Waals surface area (Å²) in [4.78, 5) is 40.1. The van der Waals surface area contributed by atoms with E-state index in [4.69, 9.17) is 0 Å². The molecule has 1 saturated heterocycles. The van der Waals surface area contributed by atoms with Crippen LogP contribution >= 0.6 is 0 Å². The molecule has 4 amide bonds. The van der Waals surface area contributed by atoms with Crippen LogP contribution in [0.3, 0.4) is 0 Å². The molecule has 154 valence electrons. The lowest BCUT2D eigenvalue weighted by Crippen LogP contribution is -2.49. The Balaban J connectivity index is 2.31. The van der Waals surface area contributed by atoms with E-state index >= 15 is 0 Å². The molecule has 1 N–H and O–H groups in total. The summed E-state index contributed by atoms with van der Waals surface area (Å²) in [6.07, 6.45) is -4.58. The van der Waals surface area contributed by atoms with Gasteiger partial charge in [-0.1, -0.05) is 12.1 Å². The van der Waals surface area contributed by atoms with Gasteiger partial charge in [-0.3, -0.25) is 14.5 Å². The van der Waals surface area contributed by atoms with E-state index in [0.717, 1.165) is 17.0 Å². The van der Waals surface area contributed by atoms with Gasteiger partial charge >= 0.3 is 12.2 Å². The second-order valence-corrected chi connectivity index (χ2v) is 7.51. The Hall–Kier alpha value is -2.58. The van der Waals surface area contributed by atoms with Gasteiger partial charge in [-0.25, -0.2) is 4.79 Å². The third-order valence-corrected chi connectivity index (χ3v) is 4.74. The van der Waals surface area contributed by atoms with Gasteiger partial charge in [0.05, 0.1) is 5.56 Å². The van der Waals surface area contributed by atoms with Crippen LogP contribution in [0.2, 0.25) is 0 Å². The molecular formula is C19H24F3N3O3. The highest BCUT2D eigenvalue weighted by molar-refractivity contribution is 6.09. The normalized spacial score (nSPS) is 20.1. The lowest BCUT2D eigenvalue weighted by atomic mass is 9.90. The smallest absolute Gasteiger partial charge is 0.336 e. The average Bonchev–Trinajstić information content (AvgIpc) is 2.78. The molecular weight excluding hydrogens is 375 g/mol. The summed E-state index contributed by atoms with van der Waals surface area (Å²) < 4.78 is 39.0. The van der Waals surface area contributed by atoms with E-state index in [1.54, 1.807) is 4.90 Å². The molecule has 1 atom stereocenters. The molecule has 1 heterocycles. The highest BCUT2D eigenvalue weighted by atomic mass is 19.4. The van der Waals surface area contributed by atoms with E-state index in [1.165, 1.54) is 19.1 Å². The molecule has 0 saturated carbocycles. The topological polar surface area (TPSA) is 69.7 Å². The second kappa shape index (κ2) is 7.44. The van der Waals surface area contributed by atoms with Crippen molar-refractivity contribution in [2.75, 3.05) is 6.54 Å². The largest absolute Gasteiger partial charge is 0.416 e. The Kier molecular flexibility index (Phi) is 5.77. The standard InChI is InChI=1S/C19H24F3N3O3/c1-11(2)25(12(3)4)15(26)10-24-16(27)18(5,23-17(24)28)13-7-6-8-14(9-13)19(20,21)22/h6-9,11-12H,10H2,1-5H3,(H,23,28). The number of hydrogen-bond donors (Lipinski definition) is 1. The predicted octanol–water partition coefficient (Wildman–Crippen LogP) is 3.12. The molecule has 28 heavy (non-hydrogen) atoms. The van der Waals surface area contributed by atoms with Crippen molar-refractivity contribution in [2.45, 2.75) is 58.4 Å². The fourth-order valence-electron chi connectivity index (χ4n) is 3.43. The van der Waals surface area contributed by atoms with Gasteiger partial charge in [0.1, 0.15) is 12.1 Å². The molecule has 1 aliphatic rings. The number of urea groups is 1. The molecule has 0 radical (unpaired) electrons. The van der Waals surface area contributed by atoms with Crippen molar-refractivity contribution < 1.29 is 27.6 Å². The number of nitrogens with zero attached hydrogens (tertiary/aromatic N) is 2. The first-order chi connectivity index (χ1) is 12.8. The van der Waals surface area contributed by atoms with Gasteiger partial charge in [-0.2, -0.15) is 13.2 Å². The lowest BCUT2D eigenvalue weighted by molar-refractivity contribution is -0.141. The van der Waals surface area contributed by atoms with Crippen molar-refractivity contribution in [1.29, 1.82) is 0 Å². The Morgan fingerprint density at radius 3 is 2.25 bits per heavy atom. The Bertz CT molecular complexity index is 784. The number of halogens is 3. The van der Waals surface area contributed by atoms with Crippen molar-refractivity contribution in [3.8, 4) is 0 Å². The molecule has 1 unspecified atom stereocenters. The Morgan fingerprint density at radius 1 is 1.18 bits per heavy atom. The monoisotopic (exact) mass is 399 g/mol. The molecule has 1 aromatic carbocycles. The number of alkyl halides is 3. The maximum absolute atomic E-state index is 13.0. The summed E-state index contributed by atoms with van der Waals surface area (Å²) in [5, 5.41) is 2.43. The number of amides is 4. The summed E-state index contributed by atoms with van der Waals surface area (Å²) in [6.45, 7) is 8.12. The first kappa shape index (κ1) is 21.7. The zero-order valence-corrected chi connectivity index (χ0v) is 16.4. The van der Waals surface area contributed by atoms with E-state index in [-0.39, 0.29) is 17.6 Å². The summed E-state index contributed by atoms with van der Waals surface area (Å²) in [7, 11) is 0. The van der Waals surface area contributed by atoms with Crippen LogP contribution in [0, 0.1) is 0 Å². The zero-order valence-electron chi connectivity index (χ0n) is 16.4. The maximum Gasteiger partial charge on any atom is 0.416 e. The molecule has 9 heteroatoms. The van der Waals surface area contributed by atoms with Gasteiger partial charge in [0, 0.05) is 12.1 Å². The minimum Gasteiger partial charge on any atom is -0.336 e. The minimum absolute atomic E-state index is 0.000185. The van der Waals surface area contributed by atoms with Crippen LogP contribution in [0.15, 0.2) is 24.3 Å². The van der Waals surface area contributed by atoms with Crippen LogP contribution in [-0.4, -0.2) is 46.3 Å². The molecule has 0 aliphatic carbocycles. The Labute approximate surface area is 161 Å². The molecule has 0 spiro atoms. The van der Waals surface area contributed by atoms with Crippen LogP contribution < -0.4 is 5.32 Å². The summed E-state index contributed by atoms with van der Waals surface area (Å²) in [5.41, 5.74) is -2.60. The molecule has 0 aromatic heterocycles. The van der Waals surface area contributed by atoms with Gasteiger partial charge in [-0.15, -0.1) is 0 Å². The van der Waals surface area contributed by atoms with Gasteiger partial charge < -0.3 is 10.2 Å². The van der Waals surface area contributed by atoms with Crippen molar-refractivity contribution in [3.05, 3.63) is 35.4 Å². The lowest BCUT2D eigenvalue weighted by Gasteiger charge is -2.32. The predicted molar refractivity (Wildman–Crippen MR) is 96.2 cm³/mol. The van der Waals surface area contributed by atoms with E-state index in [9.17, 15) is 27.6 Å². The third-order valence-electron chi connectivity index (χ3n) is 4.74. The zero-order chi connectivity index (χ0) is 21.4. The average molecular weight is 399 g/mol. The molecule has 0 bridgehead atoms. The van der Waals surface area contributed by atoms with E-state index in [1.807, 2.05) is 27.7 Å². The van der Waals surface area contributed by atoms with Gasteiger partial charge in [-0.05, 0) is 52.3 Å². The third kappa shape index (κ3) is 3.98. The van der Waals surface area contributed by atoms with Crippen LogP contribution in [0.4, 0.5) is 18.0 Å². The molecule has 6 nitrogen and oxygen atoms in total. The van der Waals surface area contributed by atoms with Gasteiger partial charge in [0.25, 0.3) is 5.91 Å². The van der Waals surface area contributed by atoms with Gasteiger partial charge in [0.2, 0.25) is 5.91 Å². The van der Waals surface area contributed by atoms with Crippen molar-refractivity contribution >= 4 is 17.8 Å². The first-order valence-electron chi connectivity index (χ1n) is 8.92. The number of carbonyl (C=O) groups excluding carboxylic acids is 3. The maximum atomic E-state index is 13.0. The number of carbonyl (C=O) groups is 3. The minimum atomic E-state index is -4.58. The molecule has 1 aromatic rings. The summed E-state index contributed by atoms with van der Waals surface area (Å²) >= 11 is 0. The summed E-state index contributed by atoms with van der Waals surface area (Å²) in [5.74, 6) is -1.18. The van der Waals surface area contributed by atoms with Crippen molar-refractivity contribution in [1.82, 2.24) is 15.1 Å². The van der Waals surface area contributed by atoms with E-state index < -0.39 is 41.7 Å². The highest BCUT2D eigenvalue weighted by Crippen LogP contribution is 2.34. The summed E-state index contributed by atoms with van der Waals surface area (Å²) in [6, 6.07) is 3.15. The number of imide groups is 1. The fraction of sp³-hybridized carbons (Fsp3) is 0.526. The SMILES string of the molecule is CC(C)N(C(=O)CN1C(=O)NC(C)(c2cccc(C(F)(F)F)c2)C1=O)C(C)C. The van der Waals surface area contributed by atoms with Crippen LogP contribution in [0.5, 0.6) is 0 Å². The van der Waals surface area contributed by atoms with Crippen LogP contribution in [0.1, 0.15) is 45.7 Å². The van der Waals surface area contributed by atoms with E-state index in [2.05, 4.69) is 5.32 Å². The van der Waals surface area contributed by atoms with Crippen LogP contribution in [-0.2, 0) is 21.3 Å².